The lowest BCUT2D eigenvalue weighted by Crippen LogP contribution is -2.34. The van der Waals surface area contributed by atoms with Crippen LogP contribution in [0, 0.1) is 12.7 Å². The van der Waals surface area contributed by atoms with Crippen molar-refractivity contribution < 1.29 is 19.4 Å². The van der Waals surface area contributed by atoms with Gasteiger partial charge in [-0.3, -0.25) is 0 Å². The molecule has 2 N–H and O–H groups in total. The Bertz CT molecular complexity index is 438. The lowest BCUT2D eigenvalue weighted by molar-refractivity contribution is -0.148. The van der Waals surface area contributed by atoms with Gasteiger partial charge < -0.3 is 10.2 Å². The van der Waals surface area contributed by atoms with Gasteiger partial charge in [0.05, 0.1) is 0 Å². The molecule has 1 saturated carbocycles. The largest absolute Gasteiger partial charge is 0.479 e. The number of carboxylic acid groups (broad SMARTS) is 1. The van der Waals surface area contributed by atoms with E-state index in [-0.39, 0.29) is 0 Å². The molecule has 0 spiro atoms. The zero-order chi connectivity index (χ0) is 11.9. The van der Waals surface area contributed by atoms with Crippen molar-refractivity contribution in [1.29, 1.82) is 0 Å². The van der Waals surface area contributed by atoms with Crippen molar-refractivity contribution in [3.05, 3.63) is 35.1 Å². The zero-order valence-corrected chi connectivity index (χ0v) is 8.90. The predicted molar refractivity (Wildman–Crippen MR) is 55.7 cm³/mol. The van der Waals surface area contributed by atoms with Crippen LogP contribution in [-0.4, -0.2) is 22.3 Å². The third-order valence-corrected chi connectivity index (χ3v) is 3.21. The molecule has 1 aliphatic carbocycles. The zero-order valence-electron chi connectivity index (χ0n) is 8.90. The van der Waals surface area contributed by atoms with Gasteiger partial charge in [0.25, 0.3) is 0 Å². The number of rotatable bonds is 3. The molecular formula is C12H13FO3. The van der Waals surface area contributed by atoms with Crippen LogP contribution in [0.15, 0.2) is 18.2 Å². The lowest BCUT2D eigenvalue weighted by atomic mass is 9.89. The highest BCUT2D eigenvalue weighted by atomic mass is 19.1. The van der Waals surface area contributed by atoms with E-state index in [9.17, 15) is 14.3 Å². The normalized spacial score (nSPS) is 19.2. The van der Waals surface area contributed by atoms with Crippen molar-refractivity contribution in [3.8, 4) is 0 Å². The Morgan fingerprint density at radius 1 is 1.50 bits per heavy atom. The second-order valence-corrected chi connectivity index (χ2v) is 4.38. The predicted octanol–water partition coefficient (Wildman–Crippen LogP) is 1.61. The fraction of sp³-hybridized carbons (Fsp3) is 0.417. The van der Waals surface area contributed by atoms with Gasteiger partial charge >= 0.3 is 5.97 Å². The molecule has 3 nitrogen and oxygen atoms in total. The number of carboxylic acids is 1. The topological polar surface area (TPSA) is 57.5 Å². The van der Waals surface area contributed by atoms with Gasteiger partial charge in [0.2, 0.25) is 0 Å². The molecule has 0 heterocycles. The quantitative estimate of drug-likeness (QED) is 0.820. The van der Waals surface area contributed by atoms with Gasteiger partial charge in [-0.2, -0.15) is 0 Å². The first-order valence-corrected chi connectivity index (χ1v) is 5.15. The van der Waals surface area contributed by atoms with E-state index in [2.05, 4.69) is 0 Å². The van der Waals surface area contributed by atoms with Crippen molar-refractivity contribution in [1.82, 2.24) is 0 Å². The molecular weight excluding hydrogens is 211 g/mol. The van der Waals surface area contributed by atoms with Crippen LogP contribution in [0.25, 0.3) is 0 Å². The molecule has 0 aliphatic heterocycles. The SMILES string of the molecule is Cc1ccc(C2(C(O)C(=O)O)CC2)c(F)c1. The Hall–Kier alpha value is -1.42. The summed E-state index contributed by atoms with van der Waals surface area (Å²) in [5.74, 6) is -1.73. The first-order chi connectivity index (χ1) is 7.47. The summed E-state index contributed by atoms with van der Waals surface area (Å²) < 4.78 is 13.7. The summed E-state index contributed by atoms with van der Waals surface area (Å²) in [4.78, 5) is 10.8. The molecule has 0 radical (unpaired) electrons. The maximum absolute atomic E-state index is 13.7. The van der Waals surface area contributed by atoms with Gasteiger partial charge in [-0.15, -0.1) is 0 Å². The summed E-state index contributed by atoms with van der Waals surface area (Å²) in [5.41, 5.74) is 0.179. The smallest absolute Gasteiger partial charge is 0.333 e. The summed E-state index contributed by atoms with van der Waals surface area (Å²) in [6, 6.07) is 4.67. The fourth-order valence-corrected chi connectivity index (χ4v) is 2.09. The molecule has 1 fully saturated rings. The van der Waals surface area contributed by atoms with Crippen LogP contribution in [0.1, 0.15) is 24.0 Å². The number of aryl methyl sites for hydroxylation is 1. The van der Waals surface area contributed by atoms with E-state index < -0.39 is 23.3 Å². The molecule has 2 rings (SSSR count). The monoisotopic (exact) mass is 224 g/mol. The van der Waals surface area contributed by atoms with Crippen LogP contribution in [0.2, 0.25) is 0 Å². The molecule has 1 unspecified atom stereocenters. The third-order valence-electron chi connectivity index (χ3n) is 3.21. The van der Waals surface area contributed by atoms with Crippen molar-refractivity contribution in [2.75, 3.05) is 0 Å². The minimum atomic E-state index is -1.52. The average Bonchev–Trinajstić information content (AvgIpc) is 2.97. The van der Waals surface area contributed by atoms with Gasteiger partial charge in [0.1, 0.15) is 5.82 Å². The number of aliphatic hydroxyl groups is 1. The molecule has 4 heteroatoms. The van der Waals surface area contributed by atoms with Crippen molar-refractivity contribution >= 4 is 5.97 Å². The molecule has 86 valence electrons. The van der Waals surface area contributed by atoms with Crippen molar-refractivity contribution in [2.45, 2.75) is 31.3 Å². The maximum Gasteiger partial charge on any atom is 0.333 e. The average molecular weight is 224 g/mol. The van der Waals surface area contributed by atoms with E-state index >= 15 is 0 Å². The molecule has 0 amide bonds. The summed E-state index contributed by atoms with van der Waals surface area (Å²) >= 11 is 0. The van der Waals surface area contributed by atoms with Crippen molar-refractivity contribution in [3.63, 3.8) is 0 Å². The Kier molecular flexibility index (Phi) is 2.46. The molecule has 1 aromatic carbocycles. The number of carbonyl (C=O) groups is 1. The van der Waals surface area contributed by atoms with Gasteiger partial charge in [0, 0.05) is 5.41 Å². The van der Waals surface area contributed by atoms with Gasteiger partial charge in [-0.1, -0.05) is 12.1 Å². The third kappa shape index (κ3) is 1.59. The second-order valence-electron chi connectivity index (χ2n) is 4.38. The first kappa shape index (κ1) is 11.1. The molecule has 16 heavy (non-hydrogen) atoms. The van der Waals surface area contributed by atoms with E-state index in [1.54, 1.807) is 19.1 Å². The van der Waals surface area contributed by atoms with E-state index in [1.807, 2.05) is 0 Å². The highest BCUT2D eigenvalue weighted by molar-refractivity contribution is 5.75. The van der Waals surface area contributed by atoms with Crippen LogP contribution >= 0.6 is 0 Å². The fourth-order valence-electron chi connectivity index (χ4n) is 2.09. The van der Waals surface area contributed by atoms with Gasteiger partial charge in [-0.05, 0) is 37.0 Å². The molecule has 0 saturated heterocycles. The number of hydrogen-bond donors (Lipinski definition) is 2. The summed E-state index contributed by atoms with van der Waals surface area (Å²) in [5, 5.41) is 18.4. The van der Waals surface area contributed by atoms with E-state index in [0.717, 1.165) is 5.56 Å². The molecule has 0 aromatic heterocycles. The van der Waals surface area contributed by atoms with Gasteiger partial charge in [-0.25, -0.2) is 9.18 Å². The van der Waals surface area contributed by atoms with Crippen LogP contribution in [0.4, 0.5) is 4.39 Å². The summed E-state index contributed by atoms with van der Waals surface area (Å²) in [7, 11) is 0. The standard InChI is InChI=1S/C12H13FO3/c1-7-2-3-8(9(13)6-7)12(4-5-12)10(14)11(15)16/h2-3,6,10,14H,4-5H2,1H3,(H,15,16). The Morgan fingerprint density at radius 3 is 2.56 bits per heavy atom. The molecule has 0 bridgehead atoms. The lowest BCUT2D eigenvalue weighted by Gasteiger charge is -2.19. The van der Waals surface area contributed by atoms with Gasteiger partial charge in [0.15, 0.2) is 6.10 Å². The molecule has 1 atom stereocenters. The van der Waals surface area contributed by atoms with Crippen molar-refractivity contribution in [2.24, 2.45) is 0 Å². The molecule has 1 aliphatic rings. The number of hydrogen-bond acceptors (Lipinski definition) is 2. The highest BCUT2D eigenvalue weighted by Gasteiger charge is 2.54. The number of benzene rings is 1. The molecule has 1 aromatic rings. The number of halogens is 1. The van der Waals surface area contributed by atoms with E-state index in [0.29, 0.717) is 18.4 Å². The minimum absolute atomic E-state index is 0.313. The Morgan fingerprint density at radius 2 is 2.12 bits per heavy atom. The van der Waals surface area contributed by atoms with E-state index in [1.165, 1.54) is 6.07 Å². The second kappa shape index (κ2) is 3.56. The maximum atomic E-state index is 13.7. The number of aliphatic carboxylic acids is 1. The summed E-state index contributed by atoms with van der Waals surface area (Å²) in [6.07, 6.45) is -0.495. The summed E-state index contributed by atoms with van der Waals surface area (Å²) in [6.45, 7) is 1.76. The van der Waals surface area contributed by atoms with Crippen LogP contribution in [0.5, 0.6) is 0 Å². The Balaban J connectivity index is 2.40. The van der Waals surface area contributed by atoms with E-state index in [4.69, 9.17) is 5.11 Å². The first-order valence-electron chi connectivity index (χ1n) is 5.15. The van der Waals surface area contributed by atoms with Crippen LogP contribution < -0.4 is 0 Å². The highest BCUT2D eigenvalue weighted by Crippen LogP contribution is 2.51. The van der Waals surface area contributed by atoms with Crippen LogP contribution in [-0.2, 0) is 10.2 Å². The minimum Gasteiger partial charge on any atom is -0.479 e. The van der Waals surface area contributed by atoms with Crippen LogP contribution in [0.3, 0.4) is 0 Å². The Labute approximate surface area is 92.5 Å². The number of aliphatic hydroxyl groups excluding tert-OH is 1.